The Kier molecular flexibility index (Phi) is 6.65. The van der Waals surface area contributed by atoms with E-state index in [-0.39, 0.29) is 11.9 Å². The second kappa shape index (κ2) is 6.89. The topological polar surface area (TPSA) is 55.1 Å². The maximum absolute atomic E-state index is 12.1. The molecule has 0 bridgehead atoms. The lowest BCUT2D eigenvalue weighted by atomic mass is 9.85. The van der Waals surface area contributed by atoms with E-state index >= 15 is 0 Å². The minimum atomic E-state index is -0.416. The zero-order chi connectivity index (χ0) is 12.8. The van der Waals surface area contributed by atoms with E-state index in [0.29, 0.717) is 12.5 Å². The van der Waals surface area contributed by atoms with Crippen LogP contribution in [0.15, 0.2) is 0 Å². The molecular weight excluding hydrogens is 200 g/mol. The van der Waals surface area contributed by atoms with E-state index in [4.69, 9.17) is 5.73 Å². The zero-order valence-corrected chi connectivity index (χ0v) is 11.5. The molecule has 16 heavy (non-hydrogen) atoms. The summed E-state index contributed by atoms with van der Waals surface area (Å²) in [4.78, 5) is 12.1. The van der Waals surface area contributed by atoms with Gasteiger partial charge in [0.25, 0.3) is 0 Å². The molecule has 3 heteroatoms. The maximum atomic E-state index is 12.1. The van der Waals surface area contributed by atoms with Gasteiger partial charge in [0.1, 0.15) is 0 Å². The van der Waals surface area contributed by atoms with Crippen molar-refractivity contribution >= 4 is 5.91 Å². The van der Waals surface area contributed by atoms with Crippen molar-refractivity contribution in [3.05, 3.63) is 0 Å². The van der Waals surface area contributed by atoms with E-state index in [2.05, 4.69) is 26.1 Å². The number of nitrogens with one attached hydrogen (secondary N) is 1. The van der Waals surface area contributed by atoms with Gasteiger partial charge in [-0.15, -0.1) is 0 Å². The summed E-state index contributed by atoms with van der Waals surface area (Å²) in [5, 5.41) is 3.11. The van der Waals surface area contributed by atoms with Crippen molar-refractivity contribution in [2.24, 2.45) is 17.1 Å². The fourth-order valence-electron chi connectivity index (χ4n) is 1.89. The van der Waals surface area contributed by atoms with Crippen LogP contribution in [-0.2, 0) is 4.79 Å². The van der Waals surface area contributed by atoms with E-state index in [0.717, 1.165) is 19.3 Å². The molecule has 0 aliphatic rings. The number of carbonyl (C=O) groups excluding carboxylic acids is 1. The van der Waals surface area contributed by atoms with Crippen LogP contribution in [0.1, 0.15) is 53.9 Å². The first-order valence-corrected chi connectivity index (χ1v) is 6.46. The van der Waals surface area contributed by atoms with Crippen molar-refractivity contribution in [1.29, 1.82) is 0 Å². The third-order valence-corrected chi connectivity index (χ3v) is 3.89. The van der Waals surface area contributed by atoms with E-state index in [1.165, 1.54) is 0 Å². The Balaban J connectivity index is 4.43. The van der Waals surface area contributed by atoms with Gasteiger partial charge in [-0.25, -0.2) is 0 Å². The first-order valence-electron chi connectivity index (χ1n) is 6.46. The van der Waals surface area contributed by atoms with Gasteiger partial charge in [-0.1, -0.05) is 33.6 Å². The minimum absolute atomic E-state index is 0.0944. The highest BCUT2D eigenvalue weighted by Gasteiger charge is 2.31. The quantitative estimate of drug-likeness (QED) is 0.702. The van der Waals surface area contributed by atoms with Crippen molar-refractivity contribution in [3.63, 3.8) is 0 Å². The van der Waals surface area contributed by atoms with Gasteiger partial charge in [0.15, 0.2) is 0 Å². The fourth-order valence-corrected chi connectivity index (χ4v) is 1.89. The van der Waals surface area contributed by atoms with Gasteiger partial charge in [0.05, 0.1) is 5.41 Å². The zero-order valence-electron chi connectivity index (χ0n) is 11.5. The minimum Gasteiger partial charge on any atom is -0.353 e. The third-order valence-electron chi connectivity index (χ3n) is 3.89. The molecule has 3 N–H and O–H groups in total. The lowest BCUT2D eigenvalue weighted by Gasteiger charge is -2.30. The molecule has 0 fully saturated rings. The van der Waals surface area contributed by atoms with Crippen LogP contribution in [0.25, 0.3) is 0 Å². The van der Waals surface area contributed by atoms with Gasteiger partial charge in [0, 0.05) is 12.6 Å². The van der Waals surface area contributed by atoms with E-state index in [1.54, 1.807) is 0 Å². The molecule has 0 aromatic carbocycles. The van der Waals surface area contributed by atoms with Crippen molar-refractivity contribution in [1.82, 2.24) is 5.32 Å². The van der Waals surface area contributed by atoms with E-state index in [9.17, 15) is 4.79 Å². The van der Waals surface area contributed by atoms with E-state index in [1.807, 2.05) is 13.8 Å². The molecule has 2 unspecified atom stereocenters. The summed E-state index contributed by atoms with van der Waals surface area (Å²) in [5.74, 6) is 0.653. The van der Waals surface area contributed by atoms with Crippen LogP contribution in [0.2, 0.25) is 0 Å². The summed E-state index contributed by atoms with van der Waals surface area (Å²) < 4.78 is 0. The molecule has 0 aromatic rings. The molecule has 96 valence electrons. The first kappa shape index (κ1) is 15.4. The van der Waals surface area contributed by atoms with Gasteiger partial charge in [-0.2, -0.15) is 0 Å². The van der Waals surface area contributed by atoms with E-state index < -0.39 is 5.41 Å². The van der Waals surface area contributed by atoms with Crippen molar-refractivity contribution in [2.75, 3.05) is 6.54 Å². The number of hydrogen-bond donors (Lipinski definition) is 2. The molecule has 0 saturated heterocycles. The largest absolute Gasteiger partial charge is 0.353 e. The summed E-state index contributed by atoms with van der Waals surface area (Å²) in [6.45, 7) is 10.8. The van der Waals surface area contributed by atoms with Crippen LogP contribution in [0, 0.1) is 11.3 Å². The summed E-state index contributed by atoms with van der Waals surface area (Å²) in [5.41, 5.74) is 5.26. The Morgan fingerprint density at radius 2 is 1.81 bits per heavy atom. The molecule has 0 heterocycles. The van der Waals surface area contributed by atoms with Gasteiger partial charge < -0.3 is 11.1 Å². The van der Waals surface area contributed by atoms with Gasteiger partial charge in [-0.05, 0) is 26.2 Å². The summed E-state index contributed by atoms with van der Waals surface area (Å²) in [6, 6.07) is 0.236. The molecule has 1 amide bonds. The van der Waals surface area contributed by atoms with Crippen LogP contribution in [-0.4, -0.2) is 18.5 Å². The highest BCUT2D eigenvalue weighted by atomic mass is 16.2. The molecule has 0 saturated carbocycles. The molecule has 0 aliphatic heterocycles. The number of amides is 1. The second-order valence-corrected chi connectivity index (χ2v) is 4.96. The van der Waals surface area contributed by atoms with Crippen molar-refractivity contribution in [3.8, 4) is 0 Å². The van der Waals surface area contributed by atoms with Crippen LogP contribution < -0.4 is 11.1 Å². The Bertz CT molecular complexity index is 208. The summed E-state index contributed by atoms with van der Waals surface area (Å²) >= 11 is 0. The molecule has 2 atom stereocenters. The highest BCUT2D eigenvalue weighted by Crippen LogP contribution is 2.21. The average molecular weight is 228 g/mol. The van der Waals surface area contributed by atoms with Crippen LogP contribution in [0.5, 0.6) is 0 Å². The number of carbonyl (C=O) groups is 1. The summed E-state index contributed by atoms with van der Waals surface area (Å²) in [6.07, 6.45) is 2.98. The summed E-state index contributed by atoms with van der Waals surface area (Å²) in [7, 11) is 0. The van der Waals surface area contributed by atoms with Gasteiger partial charge >= 0.3 is 0 Å². The van der Waals surface area contributed by atoms with Crippen LogP contribution in [0.4, 0.5) is 0 Å². The van der Waals surface area contributed by atoms with Gasteiger partial charge in [0.2, 0.25) is 5.91 Å². The van der Waals surface area contributed by atoms with Crippen molar-refractivity contribution < 1.29 is 4.79 Å². The van der Waals surface area contributed by atoms with Gasteiger partial charge in [-0.3, -0.25) is 4.79 Å². The Hall–Kier alpha value is -0.570. The third kappa shape index (κ3) is 3.78. The van der Waals surface area contributed by atoms with Crippen LogP contribution >= 0.6 is 0 Å². The standard InChI is InChI=1S/C13H28N2O/c1-6-11(7-2)10(4)15-12(16)13(5,8-3)9-14/h10-11H,6-9,14H2,1-5H3,(H,15,16). The van der Waals surface area contributed by atoms with Crippen molar-refractivity contribution in [2.45, 2.75) is 59.9 Å². The molecule has 0 radical (unpaired) electrons. The molecule has 0 spiro atoms. The van der Waals surface area contributed by atoms with Crippen LogP contribution in [0.3, 0.4) is 0 Å². The first-order chi connectivity index (χ1) is 7.45. The molecule has 0 rings (SSSR count). The normalized spacial score (nSPS) is 16.9. The SMILES string of the molecule is CCC(CC)C(C)NC(=O)C(C)(CC)CN. The lowest BCUT2D eigenvalue weighted by Crippen LogP contribution is -2.48. The molecule has 3 nitrogen and oxygen atoms in total. The molecule has 0 aliphatic carbocycles. The Morgan fingerprint density at radius 3 is 2.12 bits per heavy atom. The number of nitrogens with two attached hydrogens (primary N) is 1. The second-order valence-electron chi connectivity index (χ2n) is 4.96. The fraction of sp³-hybridized carbons (Fsp3) is 0.923. The Labute approximate surface area is 100 Å². The highest BCUT2D eigenvalue weighted by molar-refractivity contribution is 5.82. The number of rotatable bonds is 7. The Morgan fingerprint density at radius 1 is 1.31 bits per heavy atom. The average Bonchev–Trinajstić information content (AvgIpc) is 2.29. The maximum Gasteiger partial charge on any atom is 0.227 e. The monoisotopic (exact) mass is 228 g/mol. The predicted octanol–water partition coefficient (Wildman–Crippen LogP) is 2.30. The molecule has 0 aromatic heterocycles. The molecular formula is C13H28N2O. The predicted molar refractivity (Wildman–Crippen MR) is 69.1 cm³/mol. The number of hydrogen-bond acceptors (Lipinski definition) is 2. The lowest BCUT2D eigenvalue weighted by molar-refractivity contribution is -0.130. The smallest absolute Gasteiger partial charge is 0.227 e.